The lowest BCUT2D eigenvalue weighted by Gasteiger charge is -2.01. The molecule has 2 N–H and O–H groups in total. The average molecular weight is 208 g/mol. The molecule has 0 aliphatic rings. The van der Waals surface area contributed by atoms with Crippen LogP contribution in [0.3, 0.4) is 0 Å². The van der Waals surface area contributed by atoms with Gasteiger partial charge in [0.2, 0.25) is 0 Å². The molecule has 7 nitrogen and oxygen atoms in total. The van der Waals surface area contributed by atoms with Crippen LogP contribution >= 0.6 is 0 Å². The van der Waals surface area contributed by atoms with E-state index in [-0.39, 0.29) is 23.5 Å². The predicted octanol–water partition coefficient (Wildman–Crippen LogP) is -0.998. The summed E-state index contributed by atoms with van der Waals surface area (Å²) < 4.78 is 1.12. The first-order valence-corrected chi connectivity index (χ1v) is 4.25. The highest BCUT2D eigenvalue weighted by Crippen LogP contribution is 1.99. The lowest BCUT2D eigenvalue weighted by atomic mass is 10.4. The molecule has 0 radical (unpaired) electrons. The van der Waals surface area contributed by atoms with Gasteiger partial charge in [0.05, 0.1) is 12.9 Å². The third-order valence-electron chi connectivity index (χ3n) is 1.95. The van der Waals surface area contributed by atoms with E-state index >= 15 is 0 Å². The van der Waals surface area contributed by atoms with Crippen LogP contribution in [-0.2, 0) is 11.3 Å². The molecule has 0 amide bonds. The highest BCUT2D eigenvalue weighted by molar-refractivity contribution is 5.77. The Hall–Kier alpha value is -2.18. The van der Waals surface area contributed by atoms with Crippen molar-refractivity contribution >= 4 is 16.9 Å². The molecule has 7 heteroatoms. The number of Topliss-reactive ketones (excluding diaryl/α,β-unsaturated/α-hetero) is 1. The van der Waals surface area contributed by atoms with E-state index in [0.29, 0.717) is 0 Å². The summed E-state index contributed by atoms with van der Waals surface area (Å²) in [4.78, 5) is 42.1. The van der Waals surface area contributed by atoms with Crippen LogP contribution in [0.25, 0.3) is 11.2 Å². The summed E-state index contributed by atoms with van der Waals surface area (Å²) in [6.45, 7) is 1.26. The average Bonchev–Trinajstić information content (AvgIpc) is 2.60. The lowest BCUT2D eigenvalue weighted by Crippen LogP contribution is -2.32. The molecule has 0 aliphatic carbocycles. The number of aromatic amines is 2. The van der Waals surface area contributed by atoms with Crippen molar-refractivity contribution in [1.82, 2.24) is 19.5 Å². The van der Waals surface area contributed by atoms with Crippen molar-refractivity contribution in [3.63, 3.8) is 0 Å². The smallest absolute Gasteiger partial charge is 0.330 e. The van der Waals surface area contributed by atoms with Gasteiger partial charge in [-0.15, -0.1) is 0 Å². The zero-order chi connectivity index (χ0) is 11.0. The number of carbonyl (C=O) groups is 1. The van der Waals surface area contributed by atoms with Gasteiger partial charge in [0.1, 0.15) is 11.3 Å². The molecular formula is C8H8N4O3. The number of H-pyrrole nitrogens is 2. The summed E-state index contributed by atoms with van der Waals surface area (Å²) in [6, 6.07) is 0. The Balaban J connectivity index is 2.82. The molecule has 2 aromatic rings. The molecule has 0 bridgehead atoms. The van der Waals surface area contributed by atoms with Gasteiger partial charge in [-0.05, 0) is 6.92 Å². The second-order valence-electron chi connectivity index (χ2n) is 3.15. The third kappa shape index (κ3) is 1.47. The van der Waals surface area contributed by atoms with Crippen molar-refractivity contribution in [1.29, 1.82) is 0 Å². The molecule has 2 rings (SSSR count). The van der Waals surface area contributed by atoms with Crippen LogP contribution in [0.1, 0.15) is 6.92 Å². The number of fused-ring (bicyclic) bond motifs is 1. The van der Waals surface area contributed by atoms with Crippen molar-refractivity contribution in [2.45, 2.75) is 13.5 Å². The number of aromatic nitrogens is 4. The van der Waals surface area contributed by atoms with Crippen LogP contribution in [0.2, 0.25) is 0 Å². The van der Waals surface area contributed by atoms with E-state index in [1.165, 1.54) is 13.3 Å². The zero-order valence-electron chi connectivity index (χ0n) is 7.90. The van der Waals surface area contributed by atoms with Crippen molar-refractivity contribution in [2.24, 2.45) is 0 Å². The van der Waals surface area contributed by atoms with Crippen molar-refractivity contribution in [3.8, 4) is 0 Å². The van der Waals surface area contributed by atoms with Crippen molar-refractivity contribution in [3.05, 3.63) is 27.2 Å². The number of imidazole rings is 1. The largest absolute Gasteiger partial charge is 0.339 e. The molecule has 0 spiro atoms. The highest BCUT2D eigenvalue weighted by Gasteiger charge is 2.10. The monoisotopic (exact) mass is 208 g/mol. The van der Waals surface area contributed by atoms with E-state index in [1.54, 1.807) is 0 Å². The van der Waals surface area contributed by atoms with E-state index in [2.05, 4.69) is 15.0 Å². The molecule has 0 aliphatic heterocycles. The normalized spacial score (nSPS) is 10.7. The fourth-order valence-corrected chi connectivity index (χ4v) is 1.35. The number of rotatable bonds is 2. The van der Waals surface area contributed by atoms with E-state index in [9.17, 15) is 14.4 Å². The molecule has 15 heavy (non-hydrogen) atoms. The van der Waals surface area contributed by atoms with Crippen LogP contribution in [0, 0.1) is 0 Å². The number of ketones is 1. The number of carbonyl (C=O) groups excluding carboxylic acids is 1. The van der Waals surface area contributed by atoms with Gasteiger partial charge in [-0.25, -0.2) is 9.78 Å². The Morgan fingerprint density at radius 3 is 2.93 bits per heavy atom. The van der Waals surface area contributed by atoms with E-state index in [1.807, 2.05) is 0 Å². The molecule has 0 saturated heterocycles. The van der Waals surface area contributed by atoms with Crippen LogP contribution in [0.5, 0.6) is 0 Å². The lowest BCUT2D eigenvalue weighted by molar-refractivity contribution is -0.117. The number of nitrogens with one attached hydrogen (secondary N) is 2. The van der Waals surface area contributed by atoms with Crippen LogP contribution in [0.4, 0.5) is 0 Å². The number of hydrogen-bond acceptors (Lipinski definition) is 4. The first kappa shape index (κ1) is 9.38. The van der Waals surface area contributed by atoms with Gasteiger partial charge in [0, 0.05) is 0 Å². The van der Waals surface area contributed by atoms with Gasteiger partial charge >= 0.3 is 5.69 Å². The topological polar surface area (TPSA) is 101 Å². The Kier molecular flexibility index (Phi) is 2.00. The zero-order valence-corrected chi connectivity index (χ0v) is 7.90. The number of nitrogens with zero attached hydrogens (tertiary/aromatic N) is 2. The summed E-state index contributed by atoms with van der Waals surface area (Å²) in [5.74, 6) is -0.187. The van der Waals surface area contributed by atoms with Gasteiger partial charge in [-0.1, -0.05) is 0 Å². The SMILES string of the molecule is CC(=O)Cn1c(=O)[nH]c(=O)c2[nH]cnc21. The van der Waals surface area contributed by atoms with Gasteiger partial charge < -0.3 is 4.98 Å². The molecule has 0 saturated carbocycles. The maximum atomic E-state index is 11.4. The quantitative estimate of drug-likeness (QED) is 0.661. The molecule has 2 heterocycles. The van der Waals surface area contributed by atoms with Gasteiger partial charge in [-0.2, -0.15) is 0 Å². The minimum absolute atomic E-state index is 0.100. The van der Waals surface area contributed by atoms with E-state index < -0.39 is 11.2 Å². The number of hydrogen-bond donors (Lipinski definition) is 2. The van der Waals surface area contributed by atoms with Gasteiger partial charge in [0.15, 0.2) is 5.65 Å². The van der Waals surface area contributed by atoms with Crippen LogP contribution in [0.15, 0.2) is 15.9 Å². The molecule has 0 fully saturated rings. The summed E-state index contributed by atoms with van der Waals surface area (Å²) in [6.07, 6.45) is 1.30. The Bertz CT molecular complexity index is 633. The van der Waals surface area contributed by atoms with E-state index in [4.69, 9.17) is 0 Å². The maximum absolute atomic E-state index is 11.4. The summed E-state index contributed by atoms with van der Waals surface area (Å²) >= 11 is 0. The molecule has 78 valence electrons. The minimum atomic E-state index is -0.630. The standard InChI is InChI=1S/C8H8N4O3/c1-4(13)2-12-6-5(9-3-10-6)7(14)11-8(12)15/h3H,2H2,1H3,(H,9,10)(H,11,14,15). The molecule has 0 atom stereocenters. The Morgan fingerprint density at radius 2 is 2.27 bits per heavy atom. The molecule has 2 aromatic heterocycles. The Labute approximate surface area is 82.8 Å². The fraction of sp³-hybridized carbons (Fsp3) is 0.250. The molecule has 0 unspecified atom stereocenters. The molecular weight excluding hydrogens is 200 g/mol. The minimum Gasteiger partial charge on any atom is -0.339 e. The second-order valence-corrected chi connectivity index (χ2v) is 3.15. The van der Waals surface area contributed by atoms with Crippen LogP contribution < -0.4 is 11.2 Å². The highest BCUT2D eigenvalue weighted by atomic mass is 16.2. The third-order valence-corrected chi connectivity index (χ3v) is 1.95. The summed E-state index contributed by atoms with van der Waals surface area (Å²) in [5, 5.41) is 0. The first-order valence-electron chi connectivity index (χ1n) is 4.25. The van der Waals surface area contributed by atoms with E-state index in [0.717, 1.165) is 4.57 Å². The maximum Gasteiger partial charge on any atom is 0.330 e. The molecule has 0 aromatic carbocycles. The van der Waals surface area contributed by atoms with Crippen molar-refractivity contribution in [2.75, 3.05) is 0 Å². The van der Waals surface area contributed by atoms with Crippen molar-refractivity contribution < 1.29 is 4.79 Å². The van der Waals surface area contributed by atoms with Crippen LogP contribution in [-0.4, -0.2) is 25.3 Å². The summed E-state index contributed by atoms with van der Waals surface area (Å²) in [7, 11) is 0. The Morgan fingerprint density at radius 1 is 1.53 bits per heavy atom. The second kappa shape index (κ2) is 3.19. The van der Waals surface area contributed by atoms with Gasteiger partial charge in [-0.3, -0.25) is 19.1 Å². The summed E-state index contributed by atoms with van der Waals surface area (Å²) in [5.41, 5.74) is -0.781. The predicted molar refractivity (Wildman–Crippen MR) is 51.7 cm³/mol. The fourth-order valence-electron chi connectivity index (χ4n) is 1.35. The first-order chi connectivity index (χ1) is 7.09. The van der Waals surface area contributed by atoms with Gasteiger partial charge in [0.25, 0.3) is 5.56 Å².